The maximum absolute atomic E-state index is 6.36. The lowest BCUT2D eigenvalue weighted by molar-refractivity contribution is -0.106. The van der Waals surface area contributed by atoms with Gasteiger partial charge in [0.25, 0.3) is 0 Å². The second-order valence-corrected chi connectivity index (χ2v) is 7.78. The summed E-state index contributed by atoms with van der Waals surface area (Å²) in [4.78, 5) is 0. The lowest BCUT2D eigenvalue weighted by atomic mass is 9.90. The van der Waals surface area contributed by atoms with Gasteiger partial charge >= 0.3 is 0 Å². The molecule has 0 radical (unpaired) electrons. The Morgan fingerprint density at radius 1 is 0.500 bits per heavy atom. The van der Waals surface area contributed by atoms with E-state index in [1.54, 1.807) is 0 Å². The lowest BCUT2D eigenvalue weighted by Crippen LogP contribution is -2.39. The smallest absolute Gasteiger partial charge is 0.0603 e. The Hall–Kier alpha value is -0.160. The van der Waals surface area contributed by atoms with E-state index in [2.05, 4.69) is 0 Å². The number of ether oxygens (including phenoxy) is 2. The summed E-state index contributed by atoms with van der Waals surface area (Å²) in [5, 5.41) is 0. The van der Waals surface area contributed by atoms with Crippen molar-refractivity contribution in [2.75, 3.05) is 0 Å². The number of hydrogen-bond donors (Lipinski definition) is 2. The molecule has 3 saturated carbocycles. The van der Waals surface area contributed by atoms with E-state index < -0.39 is 0 Å². The molecular formula is C18H34N2O2. The third kappa shape index (κ3) is 4.92. The minimum absolute atomic E-state index is 0.345. The number of hydrogen-bond acceptors (Lipinski definition) is 4. The highest BCUT2D eigenvalue weighted by molar-refractivity contribution is 4.82. The van der Waals surface area contributed by atoms with Gasteiger partial charge in [-0.1, -0.05) is 0 Å². The summed E-state index contributed by atoms with van der Waals surface area (Å²) < 4.78 is 12.7. The monoisotopic (exact) mass is 310 g/mol. The zero-order chi connectivity index (χ0) is 15.4. The fourth-order valence-corrected chi connectivity index (χ4v) is 4.50. The molecule has 3 aliphatic rings. The van der Waals surface area contributed by atoms with Crippen LogP contribution in [-0.2, 0) is 9.47 Å². The van der Waals surface area contributed by atoms with Gasteiger partial charge in [-0.25, -0.2) is 0 Å². The van der Waals surface area contributed by atoms with Crippen LogP contribution in [0.1, 0.15) is 77.0 Å². The minimum atomic E-state index is 0.345. The van der Waals surface area contributed by atoms with Gasteiger partial charge in [-0.3, -0.25) is 0 Å². The molecule has 3 aliphatic carbocycles. The third-order valence-corrected chi connectivity index (χ3v) is 5.68. The molecule has 0 spiro atoms. The highest BCUT2D eigenvalue weighted by Crippen LogP contribution is 2.31. The van der Waals surface area contributed by atoms with Crippen LogP contribution < -0.4 is 11.5 Å². The molecule has 0 bridgehead atoms. The van der Waals surface area contributed by atoms with Gasteiger partial charge in [-0.15, -0.1) is 0 Å². The van der Waals surface area contributed by atoms with E-state index in [0.717, 1.165) is 32.1 Å². The van der Waals surface area contributed by atoms with Crippen molar-refractivity contribution in [3.05, 3.63) is 0 Å². The molecule has 0 aromatic carbocycles. The first kappa shape index (κ1) is 16.7. The molecule has 22 heavy (non-hydrogen) atoms. The maximum atomic E-state index is 6.36. The van der Waals surface area contributed by atoms with Crippen LogP contribution in [0.4, 0.5) is 0 Å². The Bertz CT molecular complexity index is 309. The summed E-state index contributed by atoms with van der Waals surface area (Å²) in [6.45, 7) is 0. The highest BCUT2D eigenvalue weighted by Gasteiger charge is 2.30. The Labute approximate surface area is 135 Å². The van der Waals surface area contributed by atoms with Gasteiger partial charge < -0.3 is 20.9 Å². The molecule has 0 saturated heterocycles. The summed E-state index contributed by atoms with van der Waals surface area (Å²) in [5.41, 5.74) is 12.2. The van der Waals surface area contributed by atoms with E-state index in [0.29, 0.717) is 36.5 Å². The van der Waals surface area contributed by atoms with Crippen LogP contribution in [0.2, 0.25) is 0 Å². The van der Waals surface area contributed by atoms with Crippen molar-refractivity contribution in [1.29, 1.82) is 0 Å². The van der Waals surface area contributed by atoms with E-state index in [-0.39, 0.29) is 0 Å². The van der Waals surface area contributed by atoms with Gasteiger partial charge in [0.15, 0.2) is 0 Å². The van der Waals surface area contributed by atoms with Crippen LogP contribution in [0.25, 0.3) is 0 Å². The molecule has 6 atom stereocenters. The summed E-state index contributed by atoms with van der Waals surface area (Å²) in [6.07, 6.45) is 15.4. The Morgan fingerprint density at radius 3 is 1.27 bits per heavy atom. The first-order chi connectivity index (χ1) is 10.7. The summed E-state index contributed by atoms with van der Waals surface area (Å²) in [5.74, 6) is 0. The van der Waals surface area contributed by atoms with Crippen molar-refractivity contribution >= 4 is 0 Å². The predicted octanol–water partition coefficient (Wildman–Crippen LogP) is 2.87. The van der Waals surface area contributed by atoms with Crippen molar-refractivity contribution in [2.24, 2.45) is 11.5 Å². The zero-order valence-corrected chi connectivity index (χ0v) is 13.9. The number of rotatable bonds is 4. The Morgan fingerprint density at radius 2 is 0.864 bits per heavy atom. The fraction of sp³-hybridized carbons (Fsp3) is 1.00. The molecule has 4 nitrogen and oxygen atoms in total. The number of nitrogens with two attached hydrogens (primary N) is 2. The molecule has 0 aromatic heterocycles. The van der Waals surface area contributed by atoms with Gasteiger partial charge in [-0.2, -0.15) is 0 Å². The third-order valence-electron chi connectivity index (χ3n) is 5.68. The summed E-state index contributed by atoms with van der Waals surface area (Å²) >= 11 is 0. The minimum Gasteiger partial charge on any atom is -0.375 e. The molecule has 3 rings (SSSR count). The summed E-state index contributed by atoms with van der Waals surface area (Å²) in [7, 11) is 0. The quantitative estimate of drug-likeness (QED) is 0.837. The van der Waals surface area contributed by atoms with Crippen molar-refractivity contribution < 1.29 is 9.47 Å². The average Bonchev–Trinajstić information content (AvgIpc) is 2.47. The van der Waals surface area contributed by atoms with Gasteiger partial charge in [0, 0.05) is 12.1 Å². The van der Waals surface area contributed by atoms with E-state index in [1.165, 1.54) is 44.9 Å². The Balaban J connectivity index is 1.42. The second-order valence-electron chi connectivity index (χ2n) is 7.78. The van der Waals surface area contributed by atoms with Crippen molar-refractivity contribution in [3.63, 3.8) is 0 Å². The maximum Gasteiger partial charge on any atom is 0.0603 e. The van der Waals surface area contributed by atoms with Crippen LogP contribution in [0.5, 0.6) is 0 Å². The van der Waals surface area contributed by atoms with Crippen molar-refractivity contribution in [2.45, 2.75) is 114 Å². The first-order valence-corrected chi connectivity index (χ1v) is 9.51. The molecule has 4 heteroatoms. The van der Waals surface area contributed by atoms with Gasteiger partial charge in [0.1, 0.15) is 0 Å². The van der Waals surface area contributed by atoms with Crippen molar-refractivity contribution in [3.8, 4) is 0 Å². The van der Waals surface area contributed by atoms with Crippen LogP contribution >= 0.6 is 0 Å². The largest absolute Gasteiger partial charge is 0.375 e. The average molecular weight is 310 g/mol. The van der Waals surface area contributed by atoms with Gasteiger partial charge in [0.2, 0.25) is 0 Å². The van der Waals surface area contributed by atoms with Crippen LogP contribution in [0.3, 0.4) is 0 Å². The van der Waals surface area contributed by atoms with Crippen LogP contribution in [-0.4, -0.2) is 36.5 Å². The fourth-order valence-electron chi connectivity index (χ4n) is 4.50. The lowest BCUT2D eigenvalue weighted by Gasteiger charge is -2.37. The molecule has 128 valence electrons. The molecule has 0 aliphatic heterocycles. The Kier molecular flexibility index (Phi) is 6.14. The molecular weight excluding hydrogens is 276 g/mol. The zero-order valence-electron chi connectivity index (χ0n) is 13.9. The van der Waals surface area contributed by atoms with Crippen molar-refractivity contribution in [1.82, 2.24) is 0 Å². The molecule has 0 amide bonds. The normalized spacial score (nSPS) is 43.9. The predicted molar refractivity (Wildman–Crippen MR) is 88.7 cm³/mol. The molecule has 0 aromatic rings. The topological polar surface area (TPSA) is 70.5 Å². The van der Waals surface area contributed by atoms with Gasteiger partial charge in [-0.05, 0) is 77.0 Å². The molecule has 6 unspecified atom stereocenters. The standard InChI is InChI=1S/C18H34N2O2/c19-13-4-1-6-15(10-13)21-17-8-3-9-18(12-17)22-16-7-2-5-14(20)11-16/h13-18H,1-12,19-20H2. The SMILES string of the molecule is NC1CCCC(OC2CCCC(OC3CCCC(N)C3)C2)C1. The first-order valence-electron chi connectivity index (χ1n) is 9.51. The van der Waals surface area contributed by atoms with Crippen LogP contribution in [0.15, 0.2) is 0 Å². The van der Waals surface area contributed by atoms with Crippen LogP contribution in [0, 0.1) is 0 Å². The van der Waals surface area contributed by atoms with Gasteiger partial charge in [0.05, 0.1) is 24.4 Å². The molecule has 0 heterocycles. The highest BCUT2D eigenvalue weighted by atomic mass is 16.5. The summed E-state index contributed by atoms with van der Waals surface area (Å²) in [6, 6.07) is 0.691. The molecule has 3 fully saturated rings. The van der Waals surface area contributed by atoms with E-state index in [9.17, 15) is 0 Å². The van der Waals surface area contributed by atoms with E-state index in [4.69, 9.17) is 20.9 Å². The molecule has 4 N–H and O–H groups in total. The van der Waals surface area contributed by atoms with E-state index >= 15 is 0 Å². The second kappa shape index (κ2) is 8.09. The van der Waals surface area contributed by atoms with E-state index in [1.807, 2.05) is 0 Å².